The van der Waals surface area contributed by atoms with Gasteiger partial charge in [0.15, 0.2) is 11.6 Å². The molecule has 2 nitrogen and oxygen atoms in total. The summed E-state index contributed by atoms with van der Waals surface area (Å²) >= 11 is 0. The lowest BCUT2D eigenvalue weighted by Gasteiger charge is -2.18. The van der Waals surface area contributed by atoms with E-state index in [1.807, 2.05) is 74.5 Å². The maximum absolute atomic E-state index is 12.4. The number of benzene rings is 2. The summed E-state index contributed by atoms with van der Waals surface area (Å²) in [5.41, 5.74) is 1.42. The van der Waals surface area contributed by atoms with Crippen molar-refractivity contribution < 1.29 is 9.59 Å². The molecule has 0 saturated carbocycles. The van der Waals surface area contributed by atoms with Crippen molar-refractivity contribution in [3.8, 4) is 0 Å². The van der Waals surface area contributed by atoms with E-state index in [0.29, 0.717) is 17.5 Å². The van der Waals surface area contributed by atoms with Crippen LogP contribution < -0.4 is 0 Å². The van der Waals surface area contributed by atoms with Crippen LogP contribution in [0.15, 0.2) is 60.7 Å². The second-order valence-corrected chi connectivity index (χ2v) is 5.49. The maximum atomic E-state index is 12.4. The molecule has 108 valence electrons. The largest absolute Gasteiger partial charge is 0.294 e. The predicted octanol–water partition coefficient (Wildman–Crippen LogP) is 4.41. The van der Waals surface area contributed by atoms with Crippen molar-refractivity contribution >= 4 is 11.6 Å². The zero-order chi connectivity index (χ0) is 15.2. The fraction of sp³-hybridized carbons (Fsp3) is 0.263. The molecule has 2 heteroatoms. The van der Waals surface area contributed by atoms with Crippen molar-refractivity contribution in [1.29, 1.82) is 0 Å². The maximum Gasteiger partial charge on any atom is 0.165 e. The number of Topliss-reactive ketones (excluding diaryl/α,β-unsaturated/α-hetero) is 2. The van der Waals surface area contributed by atoms with Gasteiger partial charge in [-0.05, 0) is 5.92 Å². The summed E-state index contributed by atoms with van der Waals surface area (Å²) in [6.45, 7) is 3.87. The van der Waals surface area contributed by atoms with E-state index in [1.54, 1.807) is 0 Å². The Hall–Kier alpha value is -2.22. The summed E-state index contributed by atoms with van der Waals surface area (Å²) in [5, 5.41) is 0. The van der Waals surface area contributed by atoms with Gasteiger partial charge >= 0.3 is 0 Å². The van der Waals surface area contributed by atoms with Gasteiger partial charge in [-0.1, -0.05) is 74.5 Å². The van der Waals surface area contributed by atoms with Crippen LogP contribution in [0.5, 0.6) is 0 Å². The minimum absolute atomic E-state index is 0.0189. The molecule has 2 aromatic rings. The van der Waals surface area contributed by atoms with Crippen LogP contribution in [0.2, 0.25) is 0 Å². The van der Waals surface area contributed by atoms with Crippen molar-refractivity contribution in [1.82, 2.24) is 0 Å². The molecule has 0 aromatic heterocycles. The molecule has 0 radical (unpaired) electrons. The molecule has 0 aliphatic carbocycles. The highest BCUT2D eigenvalue weighted by Gasteiger charge is 2.23. The number of carbonyl (C=O) groups excluding carboxylic acids is 2. The molecule has 0 amide bonds. The highest BCUT2D eigenvalue weighted by molar-refractivity contribution is 5.99. The number of carbonyl (C=O) groups is 2. The van der Waals surface area contributed by atoms with Crippen LogP contribution in [-0.4, -0.2) is 11.6 Å². The van der Waals surface area contributed by atoms with Gasteiger partial charge in [-0.15, -0.1) is 0 Å². The zero-order valence-electron chi connectivity index (χ0n) is 12.5. The van der Waals surface area contributed by atoms with Crippen molar-refractivity contribution in [2.75, 3.05) is 0 Å². The molecule has 0 N–H and O–H groups in total. The lowest BCUT2D eigenvalue weighted by Crippen LogP contribution is -2.21. The van der Waals surface area contributed by atoms with E-state index in [-0.39, 0.29) is 23.4 Å². The molecule has 0 saturated heterocycles. The third kappa shape index (κ3) is 3.88. The molecular weight excluding hydrogens is 260 g/mol. The Balaban J connectivity index is 2.01. The van der Waals surface area contributed by atoms with Gasteiger partial charge in [0.1, 0.15) is 0 Å². The minimum atomic E-state index is -0.167. The molecule has 2 rings (SSSR count). The Labute approximate surface area is 125 Å². The molecule has 0 bridgehead atoms. The molecule has 2 aromatic carbocycles. The van der Waals surface area contributed by atoms with Gasteiger partial charge in [0.2, 0.25) is 0 Å². The van der Waals surface area contributed by atoms with Gasteiger partial charge < -0.3 is 0 Å². The standard InChI is InChI=1S/C19H20O2/c1-14(13-18(20)16-9-5-3-6-10-16)15(2)19(21)17-11-7-4-8-12-17/h3-12,14-15H,13H2,1-2H3/t14-,15-/m1/s1. The summed E-state index contributed by atoms with van der Waals surface area (Å²) < 4.78 is 0. The third-order valence-electron chi connectivity index (χ3n) is 3.93. The van der Waals surface area contributed by atoms with E-state index >= 15 is 0 Å². The number of hydrogen-bond acceptors (Lipinski definition) is 2. The summed E-state index contributed by atoms with van der Waals surface area (Å²) in [4.78, 5) is 24.6. The minimum Gasteiger partial charge on any atom is -0.294 e. The fourth-order valence-electron chi connectivity index (χ4n) is 2.33. The predicted molar refractivity (Wildman–Crippen MR) is 84.5 cm³/mol. The SMILES string of the molecule is C[C@H](CC(=O)c1ccccc1)[C@@H](C)C(=O)c1ccccc1. The monoisotopic (exact) mass is 280 g/mol. The third-order valence-corrected chi connectivity index (χ3v) is 3.93. The first kappa shape index (κ1) is 15.2. The van der Waals surface area contributed by atoms with Gasteiger partial charge in [-0.3, -0.25) is 9.59 Å². The second kappa shape index (κ2) is 6.98. The second-order valence-electron chi connectivity index (χ2n) is 5.49. The molecule has 0 aliphatic rings. The Morgan fingerprint density at radius 1 is 0.810 bits per heavy atom. The molecule has 0 aliphatic heterocycles. The topological polar surface area (TPSA) is 34.1 Å². The van der Waals surface area contributed by atoms with E-state index in [1.165, 1.54) is 0 Å². The summed E-state index contributed by atoms with van der Waals surface area (Å²) in [6, 6.07) is 18.5. The van der Waals surface area contributed by atoms with Crippen molar-refractivity contribution in [3.05, 3.63) is 71.8 Å². The average Bonchev–Trinajstić information content (AvgIpc) is 2.55. The fourth-order valence-corrected chi connectivity index (χ4v) is 2.33. The van der Waals surface area contributed by atoms with Gasteiger partial charge in [0.05, 0.1) is 0 Å². The van der Waals surface area contributed by atoms with Crippen molar-refractivity contribution in [3.63, 3.8) is 0 Å². The van der Waals surface area contributed by atoms with Crippen LogP contribution in [0, 0.1) is 11.8 Å². The van der Waals surface area contributed by atoms with E-state index in [9.17, 15) is 9.59 Å². The van der Waals surface area contributed by atoms with E-state index in [0.717, 1.165) is 0 Å². The first-order valence-corrected chi connectivity index (χ1v) is 7.27. The number of hydrogen-bond donors (Lipinski definition) is 0. The smallest absolute Gasteiger partial charge is 0.165 e. The van der Waals surface area contributed by atoms with E-state index in [2.05, 4.69) is 0 Å². The molecule has 0 heterocycles. The summed E-state index contributed by atoms with van der Waals surface area (Å²) in [6.07, 6.45) is 0.393. The van der Waals surface area contributed by atoms with Crippen LogP contribution in [0.4, 0.5) is 0 Å². The lowest BCUT2D eigenvalue weighted by molar-refractivity contribution is 0.0862. The highest BCUT2D eigenvalue weighted by Crippen LogP contribution is 2.22. The molecule has 21 heavy (non-hydrogen) atoms. The quantitative estimate of drug-likeness (QED) is 0.734. The van der Waals surface area contributed by atoms with Crippen molar-refractivity contribution in [2.24, 2.45) is 11.8 Å². The molecule has 0 spiro atoms. The van der Waals surface area contributed by atoms with Gasteiger partial charge in [-0.25, -0.2) is 0 Å². The first-order valence-electron chi connectivity index (χ1n) is 7.27. The Kier molecular flexibility index (Phi) is 5.04. The average molecular weight is 280 g/mol. The van der Waals surface area contributed by atoms with Crippen LogP contribution >= 0.6 is 0 Å². The molecule has 2 atom stereocenters. The Bertz CT molecular complexity index is 602. The highest BCUT2D eigenvalue weighted by atomic mass is 16.1. The van der Waals surface area contributed by atoms with Gasteiger partial charge in [0.25, 0.3) is 0 Å². The number of rotatable bonds is 6. The number of ketones is 2. The van der Waals surface area contributed by atoms with Crippen LogP contribution in [-0.2, 0) is 0 Å². The summed E-state index contributed by atoms with van der Waals surface area (Å²) in [5.74, 6) is 0.0465. The van der Waals surface area contributed by atoms with Crippen LogP contribution in [0.25, 0.3) is 0 Å². The zero-order valence-corrected chi connectivity index (χ0v) is 12.5. The van der Waals surface area contributed by atoms with Gasteiger partial charge in [-0.2, -0.15) is 0 Å². The summed E-state index contributed by atoms with van der Waals surface area (Å²) in [7, 11) is 0. The van der Waals surface area contributed by atoms with E-state index in [4.69, 9.17) is 0 Å². The Morgan fingerprint density at radius 3 is 1.81 bits per heavy atom. The normalized spacial score (nSPS) is 13.4. The Morgan fingerprint density at radius 2 is 1.29 bits per heavy atom. The molecule has 0 unspecified atom stereocenters. The first-order chi connectivity index (χ1) is 10.1. The lowest BCUT2D eigenvalue weighted by atomic mass is 9.84. The van der Waals surface area contributed by atoms with Crippen LogP contribution in [0.3, 0.4) is 0 Å². The van der Waals surface area contributed by atoms with Gasteiger partial charge in [0, 0.05) is 23.5 Å². The van der Waals surface area contributed by atoms with E-state index < -0.39 is 0 Å². The van der Waals surface area contributed by atoms with Crippen molar-refractivity contribution in [2.45, 2.75) is 20.3 Å². The molecule has 0 fully saturated rings. The van der Waals surface area contributed by atoms with Crippen LogP contribution in [0.1, 0.15) is 41.0 Å². The molecular formula is C19H20O2.